The van der Waals surface area contributed by atoms with Crippen molar-refractivity contribution in [3.8, 4) is 0 Å². The number of hydrogen-bond acceptors (Lipinski definition) is 5. The van der Waals surface area contributed by atoms with E-state index in [4.69, 9.17) is 4.74 Å². The van der Waals surface area contributed by atoms with Crippen LogP contribution in [0.15, 0.2) is 24.3 Å². The first-order valence-corrected chi connectivity index (χ1v) is 6.99. The Labute approximate surface area is 128 Å². The highest BCUT2D eigenvalue weighted by atomic mass is 16.6. The van der Waals surface area contributed by atoms with Crippen molar-refractivity contribution in [2.24, 2.45) is 5.92 Å². The second-order valence-electron chi connectivity index (χ2n) is 5.42. The van der Waals surface area contributed by atoms with Gasteiger partial charge in [0, 0.05) is 12.1 Å². The van der Waals surface area contributed by atoms with Crippen LogP contribution >= 0.6 is 0 Å². The Morgan fingerprint density at radius 1 is 1.32 bits per heavy atom. The number of rotatable bonds is 7. The van der Waals surface area contributed by atoms with Crippen molar-refractivity contribution in [1.29, 1.82) is 0 Å². The number of carbonyl (C=O) groups is 2. The third-order valence-electron chi connectivity index (χ3n) is 2.78. The summed E-state index contributed by atoms with van der Waals surface area (Å²) in [7, 11) is 0. The average molecular weight is 308 g/mol. The van der Waals surface area contributed by atoms with Crippen molar-refractivity contribution in [1.82, 2.24) is 5.32 Å². The Bertz CT molecular complexity index is 557. The molecule has 1 atom stereocenters. The first-order valence-electron chi connectivity index (χ1n) is 6.99. The highest BCUT2D eigenvalue weighted by molar-refractivity contribution is 5.85. The van der Waals surface area contributed by atoms with Crippen molar-refractivity contribution in [3.63, 3.8) is 0 Å². The summed E-state index contributed by atoms with van der Waals surface area (Å²) in [4.78, 5) is 33.7. The van der Waals surface area contributed by atoms with Gasteiger partial charge in [0.25, 0.3) is 5.69 Å². The van der Waals surface area contributed by atoms with E-state index in [0.717, 1.165) is 0 Å². The summed E-state index contributed by atoms with van der Waals surface area (Å²) in [5.41, 5.74) is 0.434. The van der Waals surface area contributed by atoms with Gasteiger partial charge in [-0.2, -0.15) is 0 Å². The van der Waals surface area contributed by atoms with Crippen molar-refractivity contribution >= 4 is 17.6 Å². The molecule has 0 saturated carbocycles. The molecular formula is C15H20N2O5. The number of hydrogen-bond donors (Lipinski definition) is 1. The quantitative estimate of drug-likeness (QED) is 0.471. The fourth-order valence-electron chi connectivity index (χ4n) is 1.69. The fourth-order valence-corrected chi connectivity index (χ4v) is 1.69. The molecule has 1 unspecified atom stereocenters. The number of amides is 1. The maximum atomic E-state index is 11.9. The smallest absolute Gasteiger partial charge is 0.328 e. The van der Waals surface area contributed by atoms with E-state index in [1.807, 2.05) is 13.8 Å². The highest BCUT2D eigenvalue weighted by Gasteiger charge is 2.18. The summed E-state index contributed by atoms with van der Waals surface area (Å²) in [5.74, 6) is -0.674. The van der Waals surface area contributed by atoms with Gasteiger partial charge >= 0.3 is 5.97 Å². The van der Waals surface area contributed by atoms with Crippen LogP contribution in [0.3, 0.4) is 0 Å². The lowest BCUT2D eigenvalue weighted by atomic mass is 10.1. The van der Waals surface area contributed by atoms with E-state index in [1.165, 1.54) is 25.1 Å². The van der Waals surface area contributed by atoms with Crippen molar-refractivity contribution < 1.29 is 19.2 Å². The molecule has 0 fully saturated rings. The molecule has 0 spiro atoms. The predicted octanol–water partition coefficient (Wildman–Crippen LogP) is 1.84. The van der Waals surface area contributed by atoms with Crippen molar-refractivity contribution in [2.45, 2.75) is 33.2 Å². The molecule has 0 radical (unpaired) electrons. The molecule has 0 aliphatic heterocycles. The zero-order chi connectivity index (χ0) is 16.7. The summed E-state index contributed by atoms with van der Waals surface area (Å²) in [6, 6.07) is 5.06. The van der Waals surface area contributed by atoms with Gasteiger partial charge in [0.1, 0.15) is 6.04 Å². The predicted molar refractivity (Wildman–Crippen MR) is 80.2 cm³/mol. The molecule has 1 aromatic rings. The molecule has 7 heteroatoms. The van der Waals surface area contributed by atoms with E-state index >= 15 is 0 Å². The van der Waals surface area contributed by atoms with Crippen LogP contribution in [0.1, 0.15) is 26.3 Å². The van der Waals surface area contributed by atoms with Gasteiger partial charge in [0.05, 0.1) is 18.0 Å². The van der Waals surface area contributed by atoms with Gasteiger partial charge in [-0.15, -0.1) is 0 Å². The molecule has 0 saturated heterocycles. The molecule has 1 N–H and O–H groups in total. The zero-order valence-electron chi connectivity index (χ0n) is 12.9. The number of carbonyl (C=O) groups excluding carboxylic acids is 2. The van der Waals surface area contributed by atoms with Crippen LogP contribution in [0.5, 0.6) is 0 Å². The van der Waals surface area contributed by atoms with Crippen LogP contribution in [0, 0.1) is 16.0 Å². The second kappa shape index (κ2) is 8.11. The Kier molecular flexibility index (Phi) is 6.49. The van der Waals surface area contributed by atoms with Crippen LogP contribution in [-0.2, 0) is 20.7 Å². The fraction of sp³-hybridized carbons (Fsp3) is 0.467. The molecule has 0 aromatic heterocycles. The number of ether oxygens (including phenoxy) is 1. The summed E-state index contributed by atoms with van der Waals surface area (Å²) >= 11 is 0. The molecule has 1 rings (SSSR count). The number of nitrogens with one attached hydrogen (secondary N) is 1. The first kappa shape index (κ1) is 17.6. The molecule has 1 amide bonds. The van der Waals surface area contributed by atoms with Gasteiger partial charge in [-0.1, -0.05) is 26.0 Å². The summed E-state index contributed by atoms with van der Waals surface area (Å²) in [6.45, 7) is 5.66. The van der Waals surface area contributed by atoms with Gasteiger partial charge in [-0.05, 0) is 18.4 Å². The van der Waals surface area contributed by atoms with Crippen LogP contribution in [0.25, 0.3) is 0 Å². The van der Waals surface area contributed by atoms with E-state index in [1.54, 1.807) is 6.07 Å². The molecule has 0 bridgehead atoms. The number of nitro benzene ring substituents is 1. The molecule has 1 aromatic carbocycles. The maximum absolute atomic E-state index is 11.9. The molecular weight excluding hydrogens is 288 g/mol. The maximum Gasteiger partial charge on any atom is 0.328 e. The SMILES string of the molecule is CC(C)COC(=O)C(C)NC(=O)Cc1cccc([N+](=O)[O-])c1. The van der Waals surface area contributed by atoms with Crippen LogP contribution in [-0.4, -0.2) is 29.4 Å². The van der Waals surface area contributed by atoms with Gasteiger partial charge in [-0.3, -0.25) is 14.9 Å². The summed E-state index contributed by atoms with van der Waals surface area (Å²) in [5, 5.41) is 13.2. The Hall–Kier alpha value is -2.44. The second-order valence-corrected chi connectivity index (χ2v) is 5.42. The van der Waals surface area contributed by atoms with Gasteiger partial charge in [-0.25, -0.2) is 4.79 Å². The van der Waals surface area contributed by atoms with Gasteiger partial charge in [0.15, 0.2) is 0 Å². The van der Waals surface area contributed by atoms with Gasteiger partial charge in [0.2, 0.25) is 5.91 Å². The van der Waals surface area contributed by atoms with Crippen molar-refractivity contribution in [2.75, 3.05) is 6.61 Å². The third kappa shape index (κ3) is 5.90. The third-order valence-corrected chi connectivity index (χ3v) is 2.78. The lowest BCUT2D eigenvalue weighted by Gasteiger charge is -2.14. The Morgan fingerprint density at radius 3 is 2.59 bits per heavy atom. The van der Waals surface area contributed by atoms with Crippen LogP contribution in [0.2, 0.25) is 0 Å². The van der Waals surface area contributed by atoms with E-state index < -0.39 is 22.8 Å². The van der Waals surface area contributed by atoms with E-state index in [2.05, 4.69) is 5.32 Å². The largest absolute Gasteiger partial charge is 0.464 e. The number of non-ortho nitro benzene ring substituents is 1. The summed E-state index contributed by atoms with van der Waals surface area (Å²) < 4.78 is 5.02. The monoisotopic (exact) mass is 308 g/mol. The Balaban J connectivity index is 2.53. The van der Waals surface area contributed by atoms with E-state index in [0.29, 0.717) is 12.2 Å². The summed E-state index contributed by atoms with van der Waals surface area (Å²) in [6.07, 6.45) is -0.0382. The first-order chi connectivity index (χ1) is 10.3. The molecule has 0 aliphatic rings. The number of nitro groups is 1. The highest BCUT2D eigenvalue weighted by Crippen LogP contribution is 2.13. The minimum atomic E-state index is -0.759. The van der Waals surface area contributed by atoms with E-state index in [-0.39, 0.29) is 18.0 Å². The zero-order valence-corrected chi connectivity index (χ0v) is 12.9. The lowest BCUT2D eigenvalue weighted by Crippen LogP contribution is -2.40. The molecule has 22 heavy (non-hydrogen) atoms. The molecule has 0 heterocycles. The van der Waals surface area contributed by atoms with Crippen LogP contribution in [0.4, 0.5) is 5.69 Å². The topological polar surface area (TPSA) is 98.5 Å². The Morgan fingerprint density at radius 2 is 2.00 bits per heavy atom. The minimum absolute atomic E-state index is 0.0382. The number of nitrogens with zero attached hydrogens (tertiary/aromatic N) is 1. The molecule has 120 valence electrons. The molecule has 0 aliphatic carbocycles. The van der Waals surface area contributed by atoms with Crippen molar-refractivity contribution in [3.05, 3.63) is 39.9 Å². The lowest BCUT2D eigenvalue weighted by molar-refractivity contribution is -0.384. The number of benzene rings is 1. The van der Waals surface area contributed by atoms with Crippen LogP contribution < -0.4 is 5.32 Å². The minimum Gasteiger partial charge on any atom is -0.464 e. The van der Waals surface area contributed by atoms with Gasteiger partial charge < -0.3 is 10.1 Å². The van der Waals surface area contributed by atoms with E-state index in [9.17, 15) is 19.7 Å². The number of esters is 1. The average Bonchev–Trinajstić information content (AvgIpc) is 2.44. The standard InChI is InChI=1S/C15H20N2O5/c1-10(2)9-22-15(19)11(3)16-14(18)8-12-5-4-6-13(7-12)17(20)21/h4-7,10-11H,8-9H2,1-3H3,(H,16,18). The normalized spacial score (nSPS) is 11.8. The molecule has 7 nitrogen and oxygen atoms in total.